The first kappa shape index (κ1) is 16.0. The Balaban J connectivity index is 1.95. The Morgan fingerprint density at radius 1 is 0.947 bits per heavy atom. The molecule has 0 radical (unpaired) electrons. The van der Waals surface area contributed by atoms with Gasteiger partial charge in [0, 0.05) is 0 Å². The van der Waals surface area contributed by atoms with Gasteiger partial charge < -0.3 is 5.32 Å². The van der Waals surface area contributed by atoms with Crippen LogP contribution in [0.25, 0.3) is 5.57 Å². The Morgan fingerprint density at radius 2 is 1.63 bits per heavy atom. The molecule has 0 unspecified atom stereocenters. The number of benzene rings is 1. The van der Waals surface area contributed by atoms with Crippen LogP contribution in [0.2, 0.25) is 0 Å². The minimum Gasteiger partial charge on any atom is -0.316 e. The molecule has 0 bridgehead atoms. The van der Waals surface area contributed by atoms with Crippen LogP contribution in [-0.4, -0.2) is 13.1 Å². The largest absolute Gasteiger partial charge is 0.316 e. The third-order valence-corrected chi connectivity index (χ3v) is 3.49. The first-order chi connectivity index (χ1) is 9.34. The van der Waals surface area contributed by atoms with Crippen molar-refractivity contribution in [1.82, 2.24) is 5.32 Å². The maximum atomic E-state index is 4.15. The molecule has 1 rings (SSSR count). The minimum absolute atomic E-state index is 1.04. The van der Waals surface area contributed by atoms with E-state index in [0.717, 1.165) is 19.5 Å². The summed E-state index contributed by atoms with van der Waals surface area (Å²) in [5.41, 5.74) is 2.50. The van der Waals surface area contributed by atoms with Gasteiger partial charge in [-0.15, -0.1) is 0 Å². The lowest BCUT2D eigenvalue weighted by atomic mass is 10.1. The van der Waals surface area contributed by atoms with Crippen molar-refractivity contribution in [2.45, 2.75) is 51.9 Å². The molecule has 1 nitrogen and oxygen atoms in total. The van der Waals surface area contributed by atoms with Gasteiger partial charge in [-0.25, -0.2) is 0 Å². The van der Waals surface area contributed by atoms with Crippen molar-refractivity contribution in [3.05, 3.63) is 42.5 Å². The average Bonchev–Trinajstić information content (AvgIpc) is 2.46. The predicted molar refractivity (Wildman–Crippen MR) is 86.3 cm³/mol. The number of rotatable bonds is 11. The van der Waals surface area contributed by atoms with E-state index < -0.39 is 0 Å². The van der Waals surface area contributed by atoms with E-state index in [1.807, 2.05) is 6.07 Å². The fourth-order valence-electron chi connectivity index (χ4n) is 2.21. The summed E-state index contributed by atoms with van der Waals surface area (Å²) < 4.78 is 0. The molecule has 0 aromatic heterocycles. The van der Waals surface area contributed by atoms with Crippen molar-refractivity contribution in [3.63, 3.8) is 0 Å². The molecule has 0 aliphatic heterocycles. The van der Waals surface area contributed by atoms with E-state index in [0.29, 0.717) is 0 Å². The predicted octanol–water partition coefficient (Wildman–Crippen LogP) is 5.04. The van der Waals surface area contributed by atoms with Crippen LogP contribution < -0.4 is 5.32 Å². The van der Waals surface area contributed by atoms with E-state index in [-0.39, 0.29) is 0 Å². The summed E-state index contributed by atoms with van der Waals surface area (Å²) in [4.78, 5) is 0. The standard InChI is InChI=1S/C18H29N/c1-3-4-5-6-7-11-15-19-16-14-17(2)18-12-9-8-10-13-18/h8-10,12-13,19H,2-7,11,14-16H2,1H3. The Labute approximate surface area is 119 Å². The average molecular weight is 259 g/mol. The van der Waals surface area contributed by atoms with Gasteiger partial charge in [-0.05, 0) is 37.1 Å². The molecule has 1 aromatic rings. The van der Waals surface area contributed by atoms with Crippen molar-refractivity contribution in [1.29, 1.82) is 0 Å². The van der Waals surface area contributed by atoms with Gasteiger partial charge in [-0.1, -0.05) is 75.9 Å². The first-order valence-electron chi connectivity index (χ1n) is 7.78. The van der Waals surface area contributed by atoms with Gasteiger partial charge in [0.15, 0.2) is 0 Å². The van der Waals surface area contributed by atoms with Crippen LogP contribution in [0.1, 0.15) is 57.4 Å². The van der Waals surface area contributed by atoms with Crippen LogP contribution >= 0.6 is 0 Å². The first-order valence-corrected chi connectivity index (χ1v) is 7.78. The molecule has 106 valence electrons. The second-order valence-corrected chi connectivity index (χ2v) is 5.24. The fraction of sp³-hybridized carbons (Fsp3) is 0.556. The van der Waals surface area contributed by atoms with E-state index >= 15 is 0 Å². The summed E-state index contributed by atoms with van der Waals surface area (Å²) >= 11 is 0. The smallest absolute Gasteiger partial charge is 0.000835 e. The highest BCUT2D eigenvalue weighted by Gasteiger charge is 1.97. The van der Waals surface area contributed by atoms with E-state index in [9.17, 15) is 0 Å². The monoisotopic (exact) mass is 259 g/mol. The SMILES string of the molecule is C=C(CCNCCCCCCCC)c1ccccc1. The lowest BCUT2D eigenvalue weighted by Gasteiger charge is -2.07. The molecule has 0 fully saturated rings. The second kappa shape index (κ2) is 10.8. The Kier molecular flexibility index (Phi) is 9.09. The Bertz CT molecular complexity index is 329. The van der Waals surface area contributed by atoms with Crippen molar-refractivity contribution in [2.24, 2.45) is 0 Å². The zero-order valence-corrected chi connectivity index (χ0v) is 12.5. The van der Waals surface area contributed by atoms with Gasteiger partial charge in [-0.2, -0.15) is 0 Å². The zero-order chi connectivity index (χ0) is 13.8. The molecule has 1 heteroatoms. The highest BCUT2D eigenvalue weighted by molar-refractivity contribution is 5.63. The van der Waals surface area contributed by atoms with Crippen LogP contribution in [0.4, 0.5) is 0 Å². The van der Waals surface area contributed by atoms with Gasteiger partial charge in [0.05, 0.1) is 0 Å². The van der Waals surface area contributed by atoms with E-state index in [1.165, 1.54) is 49.7 Å². The summed E-state index contributed by atoms with van der Waals surface area (Å²) in [6.45, 7) is 8.61. The van der Waals surface area contributed by atoms with Crippen molar-refractivity contribution < 1.29 is 0 Å². The van der Waals surface area contributed by atoms with Crippen LogP contribution in [-0.2, 0) is 0 Å². The van der Waals surface area contributed by atoms with E-state index in [1.54, 1.807) is 0 Å². The molecule has 0 amide bonds. The lowest BCUT2D eigenvalue weighted by Crippen LogP contribution is -2.16. The maximum Gasteiger partial charge on any atom is -0.000835 e. The summed E-state index contributed by atoms with van der Waals surface area (Å²) in [5, 5.41) is 3.52. The topological polar surface area (TPSA) is 12.0 Å². The van der Waals surface area contributed by atoms with E-state index in [4.69, 9.17) is 0 Å². The Hall–Kier alpha value is -1.08. The van der Waals surface area contributed by atoms with Crippen molar-refractivity contribution in [2.75, 3.05) is 13.1 Å². The molecular formula is C18H29N. The van der Waals surface area contributed by atoms with Gasteiger partial charge >= 0.3 is 0 Å². The van der Waals surface area contributed by atoms with E-state index in [2.05, 4.69) is 43.1 Å². The molecule has 0 saturated heterocycles. The highest BCUT2D eigenvalue weighted by Crippen LogP contribution is 2.14. The van der Waals surface area contributed by atoms with Crippen LogP contribution in [0.15, 0.2) is 36.9 Å². The summed E-state index contributed by atoms with van der Waals surface area (Å²) in [7, 11) is 0. The number of hydrogen-bond acceptors (Lipinski definition) is 1. The third kappa shape index (κ3) is 7.84. The third-order valence-electron chi connectivity index (χ3n) is 3.49. The molecule has 0 saturated carbocycles. The van der Waals surface area contributed by atoms with Crippen molar-refractivity contribution in [3.8, 4) is 0 Å². The number of unbranched alkanes of at least 4 members (excludes halogenated alkanes) is 5. The Morgan fingerprint density at radius 3 is 2.37 bits per heavy atom. The summed E-state index contributed by atoms with van der Waals surface area (Å²) in [6, 6.07) is 10.5. The minimum atomic E-state index is 1.04. The molecule has 19 heavy (non-hydrogen) atoms. The molecule has 1 N–H and O–H groups in total. The van der Waals surface area contributed by atoms with Crippen LogP contribution in [0, 0.1) is 0 Å². The number of nitrogens with one attached hydrogen (secondary N) is 1. The molecular weight excluding hydrogens is 230 g/mol. The quantitative estimate of drug-likeness (QED) is 0.549. The van der Waals surface area contributed by atoms with Gasteiger partial charge in [0.1, 0.15) is 0 Å². The van der Waals surface area contributed by atoms with Crippen LogP contribution in [0.5, 0.6) is 0 Å². The zero-order valence-electron chi connectivity index (χ0n) is 12.5. The molecule has 0 aliphatic carbocycles. The van der Waals surface area contributed by atoms with Crippen LogP contribution in [0.3, 0.4) is 0 Å². The molecule has 0 aliphatic rings. The van der Waals surface area contributed by atoms with Gasteiger partial charge in [0.2, 0.25) is 0 Å². The molecule has 0 spiro atoms. The molecule has 1 aromatic carbocycles. The number of hydrogen-bond donors (Lipinski definition) is 1. The molecule has 0 heterocycles. The second-order valence-electron chi connectivity index (χ2n) is 5.24. The summed E-state index contributed by atoms with van der Waals surface area (Å²) in [6.07, 6.45) is 9.24. The van der Waals surface area contributed by atoms with Gasteiger partial charge in [-0.3, -0.25) is 0 Å². The van der Waals surface area contributed by atoms with Crippen molar-refractivity contribution >= 4 is 5.57 Å². The highest BCUT2D eigenvalue weighted by atomic mass is 14.8. The normalized spacial score (nSPS) is 10.6. The lowest BCUT2D eigenvalue weighted by molar-refractivity contribution is 0.575. The fourth-order valence-corrected chi connectivity index (χ4v) is 2.21. The maximum absolute atomic E-state index is 4.15. The summed E-state index contributed by atoms with van der Waals surface area (Å²) in [5.74, 6) is 0. The van der Waals surface area contributed by atoms with Gasteiger partial charge in [0.25, 0.3) is 0 Å². The molecule has 0 atom stereocenters.